The largest absolute Gasteiger partial charge is 0.462 e. The van der Waals surface area contributed by atoms with Crippen LogP contribution in [0, 0.1) is 0 Å². The van der Waals surface area contributed by atoms with Crippen molar-refractivity contribution in [1.82, 2.24) is 25.3 Å². The van der Waals surface area contributed by atoms with Crippen LogP contribution in [0.5, 0.6) is 0 Å². The summed E-state index contributed by atoms with van der Waals surface area (Å²) in [5.41, 5.74) is -3.60. The number of esters is 1. The molecule has 16 nitrogen and oxygen atoms in total. The first-order valence-corrected chi connectivity index (χ1v) is 14.7. The molecule has 0 radical (unpaired) electrons. The zero-order valence-corrected chi connectivity index (χ0v) is 22.6. The first kappa shape index (κ1) is 30.0. The third-order valence-corrected chi connectivity index (χ3v) is 9.71. The maximum absolute atomic E-state index is 13.7. The lowest BCUT2D eigenvalue weighted by atomic mass is 9.96. The fraction of sp³-hybridized carbons (Fsp3) is 0.650. The minimum atomic E-state index is -4.05. The Morgan fingerprint density at radius 2 is 2.00 bits per heavy atom. The van der Waals surface area contributed by atoms with Crippen molar-refractivity contribution in [2.24, 2.45) is 0 Å². The zero-order valence-electron chi connectivity index (χ0n) is 20.9. The van der Waals surface area contributed by atoms with Crippen LogP contribution in [0.2, 0.25) is 0 Å². The number of aliphatic hydroxyl groups excluding tert-OH is 1. The summed E-state index contributed by atoms with van der Waals surface area (Å²) < 4.78 is 30.9. The molecule has 0 spiro atoms. The zero-order chi connectivity index (χ0) is 28.4. The minimum Gasteiger partial charge on any atom is -0.462 e. The number of ether oxygens (including phenoxy) is 2. The van der Waals surface area contributed by atoms with Crippen molar-refractivity contribution in [2.75, 3.05) is 12.4 Å². The number of aromatic amines is 1. The van der Waals surface area contributed by atoms with Crippen LogP contribution in [0.4, 0.5) is 4.79 Å². The molecule has 1 aromatic rings. The second kappa shape index (κ2) is 11.7. The van der Waals surface area contributed by atoms with Crippen LogP contribution in [-0.4, -0.2) is 86.0 Å². The number of imide groups is 1. The molecule has 6 N–H and O–H groups in total. The molecule has 0 aromatic carbocycles. The quantitative estimate of drug-likeness (QED) is 0.100. The van der Waals surface area contributed by atoms with Crippen molar-refractivity contribution in [3.8, 4) is 0 Å². The molecule has 3 heterocycles. The molecule has 2 unspecified atom stereocenters. The molecule has 1 aromatic heterocycles. The van der Waals surface area contributed by atoms with E-state index in [-0.39, 0.29) is 5.75 Å². The topological polar surface area (TPSA) is 227 Å². The smallest absolute Gasteiger partial charge is 0.330 e. The molecule has 212 valence electrons. The van der Waals surface area contributed by atoms with Gasteiger partial charge in [-0.25, -0.2) is 14.7 Å². The van der Waals surface area contributed by atoms with Crippen LogP contribution < -0.4 is 27.0 Å². The van der Waals surface area contributed by atoms with Gasteiger partial charge < -0.3 is 29.5 Å². The standard InChI is InChI=1S/C20H30N5O11PS/c1-9(2)35-16(29)10(3)24-37(33,38-8-11-15(28)23-18(30)21-11)34-7-12-14(27)20(4,32)17(36-12)25-6-5-13(26)22-19(25)31/h5-6,9-12,14,17,27,32H,7-8H2,1-4H3,(H,24,33)(H,22,26,31)(H2,21,23,28,30)/t10-,11?,12+,14+,17+,20+,37?/m0/s1. The summed E-state index contributed by atoms with van der Waals surface area (Å²) in [5.74, 6) is -1.57. The lowest BCUT2D eigenvalue weighted by molar-refractivity contribution is -0.149. The van der Waals surface area contributed by atoms with Gasteiger partial charge in [0.15, 0.2) is 6.23 Å². The molecule has 7 atom stereocenters. The Labute approximate surface area is 220 Å². The normalized spacial score (nSPS) is 29.6. The van der Waals surface area contributed by atoms with Gasteiger partial charge in [-0.05, 0) is 27.7 Å². The monoisotopic (exact) mass is 579 g/mol. The molecule has 2 fully saturated rings. The summed E-state index contributed by atoms with van der Waals surface area (Å²) in [6, 6.07) is -1.82. The fourth-order valence-electron chi connectivity index (χ4n) is 3.65. The van der Waals surface area contributed by atoms with E-state index in [9.17, 15) is 38.8 Å². The summed E-state index contributed by atoms with van der Waals surface area (Å²) in [6.45, 7) is 1.21. The highest BCUT2D eigenvalue weighted by Crippen LogP contribution is 2.57. The Hall–Kier alpha value is -2.53. The lowest BCUT2D eigenvalue weighted by Gasteiger charge is -2.27. The van der Waals surface area contributed by atoms with Crippen LogP contribution in [0.3, 0.4) is 0 Å². The molecule has 3 rings (SSSR count). The van der Waals surface area contributed by atoms with Gasteiger partial charge in [0.25, 0.3) is 11.5 Å². The van der Waals surface area contributed by atoms with Gasteiger partial charge in [0.2, 0.25) is 0 Å². The average Bonchev–Trinajstić information content (AvgIpc) is 3.25. The first-order chi connectivity index (χ1) is 17.6. The number of amides is 3. The van der Waals surface area contributed by atoms with Gasteiger partial charge in [-0.3, -0.25) is 33.8 Å². The SMILES string of the molecule is CC(C)OC(=O)[C@H](C)NP(=O)(OC[C@H]1O[C@@H](n2ccc(=O)[nH]c2=O)[C@](C)(O)[C@@H]1O)SCC1NC(=O)NC1=O. The summed E-state index contributed by atoms with van der Waals surface area (Å²) in [7, 11) is 0. The van der Waals surface area contributed by atoms with Crippen molar-refractivity contribution < 1.29 is 43.2 Å². The van der Waals surface area contributed by atoms with E-state index in [0.717, 1.165) is 16.8 Å². The van der Waals surface area contributed by atoms with E-state index in [0.29, 0.717) is 11.4 Å². The van der Waals surface area contributed by atoms with Gasteiger partial charge in [0.1, 0.15) is 29.9 Å². The fourth-order valence-corrected chi connectivity index (χ4v) is 7.51. The molecule has 0 aliphatic carbocycles. The Bertz CT molecular complexity index is 1230. The third-order valence-electron chi connectivity index (χ3n) is 5.59. The maximum atomic E-state index is 13.7. The van der Waals surface area contributed by atoms with E-state index in [4.69, 9.17) is 14.0 Å². The summed E-state index contributed by atoms with van der Waals surface area (Å²) in [6.07, 6.45) is -3.74. The maximum Gasteiger partial charge on any atom is 0.330 e. The van der Waals surface area contributed by atoms with E-state index < -0.39 is 84.7 Å². The van der Waals surface area contributed by atoms with Crippen LogP contribution in [0.1, 0.15) is 33.9 Å². The number of rotatable bonds is 11. The Kier molecular flexibility index (Phi) is 9.24. The van der Waals surface area contributed by atoms with E-state index >= 15 is 0 Å². The average molecular weight is 580 g/mol. The number of carbonyl (C=O) groups excluding carboxylic acids is 3. The summed E-state index contributed by atoms with van der Waals surface area (Å²) in [4.78, 5) is 61.2. The molecular weight excluding hydrogens is 549 g/mol. The highest BCUT2D eigenvalue weighted by atomic mass is 32.7. The summed E-state index contributed by atoms with van der Waals surface area (Å²) in [5, 5.41) is 28.5. The molecule has 2 aliphatic heterocycles. The number of hydrogen-bond donors (Lipinski definition) is 6. The molecular formula is C20H30N5O11PS. The van der Waals surface area contributed by atoms with Crippen LogP contribution in [0.15, 0.2) is 21.9 Å². The highest BCUT2D eigenvalue weighted by molar-refractivity contribution is 8.56. The number of aliphatic hydroxyl groups is 2. The van der Waals surface area contributed by atoms with Crippen molar-refractivity contribution >= 4 is 36.0 Å². The number of hydrogen-bond acceptors (Lipinski definition) is 12. The number of H-pyrrole nitrogens is 1. The van der Waals surface area contributed by atoms with Gasteiger partial charge in [-0.15, -0.1) is 0 Å². The van der Waals surface area contributed by atoms with Gasteiger partial charge in [0, 0.05) is 18.0 Å². The number of urea groups is 1. The van der Waals surface area contributed by atoms with E-state index in [1.54, 1.807) is 13.8 Å². The predicted octanol–water partition coefficient (Wildman–Crippen LogP) is -1.46. The number of aromatic nitrogens is 2. The molecule has 0 bridgehead atoms. The van der Waals surface area contributed by atoms with Crippen molar-refractivity contribution in [3.63, 3.8) is 0 Å². The molecule has 38 heavy (non-hydrogen) atoms. The predicted molar refractivity (Wildman–Crippen MR) is 132 cm³/mol. The summed E-state index contributed by atoms with van der Waals surface area (Å²) >= 11 is 0.622. The van der Waals surface area contributed by atoms with E-state index in [1.165, 1.54) is 13.8 Å². The molecule has 2 saturated heterocycles. The second-order valence-electron chi connectivity index (χ2n) is 9.16. The first-order valence-electron chi connectivity index (χ1n) is 11.5. The van der Waals surface area contributed by atoms with Gasteiger partial charge in [-0.2, -0.15) is 0 Å². The highest BCUT2D eigenvalue weighted by Gasteiger charge is 2.54. The van der Waals surface area contributed by atoms with E-state index in [1.807, 2.05) is 10.3 Å². The second-order valence-corrected chi connectivity index (χ2v) is 13.5. The number of carbonyl (C=O) groups is 3. The molecule has 3 amide bonds. The minimum absolute atomic E-state index is 0.199. The van der Waals surface area contributed by atoms with Gasteiger partial charge in [-0.1, -0.05) is 11.4 Å². The third kappa shape index (κ3) is 6.91. The Morgan fingerprint density at radius 1 is 1.32 bits per heavy atom. The molecule has 18 heteroatoms. The number of nitrogens with one attached hydrogen (secondary N) is 4. The van der Waals surface area contributed by atoms with Crippen molar-refractivity contribution in [1.29, 1.82) is 0 Å². The van der Waals surface area contributed by atoms with Gasteiger partial charge in [0.05, 0.1) is 12.7 Å². The van der Waals surface area contributed by atoms with Crippen LogP contribution >= 0.6 is 18.1 Å². The van der Waals surface area contributed by atoms with Crippen molar-refractivity contribution in [3.05, 3.63) is 33.1 Å². The van der Waals surface area contributed by atoms with Crippen LogP contribution in [-0.2, 0) is 28.2 Å². The number of nitrogens with zero attached hydrogens (tertiary/aromatic N) is 1. The Morgan fingerprint density at radius 3 is 2.58 bits per heavy atom. The Balaban J connectivity index is 1.76. The van der Waals surface area contributed by atoms with Crippen molar-refractivity contribution in [2.45, 2.75) is 69.9 Å². The van der Waals surface area contributed by atoms with Crippen LogP contribution in [0.25, 0.3) is 0 Å². The lowest BCUT2D eigenvalue weighted by Crippen LogP contribution is -2.47. The van der Waals surface area contributed by atoms with Gasteiger partial charge >= 0.3 is 24.4 Å². The molecule has 2 aliphatic rings. The molecule has 0 saturated carbocycles. The van der Waals surface area contributed by atoms with E-state index in [2.05, 4.69) is 10.4 Å².